The molecule has 1 fully saturated rings. The molecule has 0 aromatic heterocycles. The van der Waals surface area contributed by atoms with Crippen molar-refractivity contribution in [3.05, 3.63) is 0 Å². The minimum Gasteiger partial charge on any atom is -0.390 e. The summed E-state index contributed by atoms with van der Waals surface area (Å²) in [5, 5.41) is 26.4. The lowest BCUT2D eigenvalue weighted by Gasteiger charge is -2.27. The molecule has 0 aromatic carbocycles. The van der Waals surface area contributed by atoms with Crippen molar-refractivity contribution < 1.29 is 20.1 Å². The van der Waals surface area contributed by atoms with Crippen LogP contribution in [0.3, 0.4) is 0 Å². The van der Waals surface area contributed by atoms with E-state index < -0.39 is 18.5 Å². The zero-order chi connectivity index (χ0) is 6.85. The SMILES string of the molecule is OC1CCOC(O)C1O. The molecule has 1 aliphatic rings. The molecule has 1 saturated heterocycles. The molecular formula is C5H10O4. The van der Waals surface area contributed by atoms with Crippen LogP contribution in [0.1, 0.15) is 6.42 Å². The van der Waals surface area contributed by atoms with Crippen LogP contribution in [0.15, 0.2) is 0 Å². The number of aliphatic hydroxyl groups is 3. The molecule has 0 bridgehead atoms. The van der Waals surface area contributed by atoms with Crippen LogP contribution < -0.4 is 0 Å². The van der Waals surface area contributed by atoms with Crippen LogP contribution >= 0.6 is 0 Å². The summed E-state index contributed by atoms with van der Waals surface area (Å²) in [4.78, 5) is 0. The molecule has 3 N–H and O–H groups in total. The van der Waals surface area contributed by atoms with Crippen molar-refractivity contribution in [2.45, 2.75) is 24.9 Å². The van der Waals surface area contributed by atoms with Crippen LogP contribution in [0.4, 0.5) is 0 Å². The maximum absolute atomic E-state index is 8.86. The molecule has 0 saturated carbocycles. The fourth-order valence-corrected chi connectivity index (χ4v) is 0.769. The summed E-state index contributed by atoms with van der Waals surface area (Å²) < 4.78 is 4.61. The quantitative estimate of drug-likeness (QED) is 0.375. The van der Waals surface area contributed by atoms with Crippen molar-refractivity contribution in [3.63, 3.8) is 0 Å². The second-order valence-corrected chi connectivity index (χ2v) is 2.11. The van der Waals surface area contributed by atoms with Crippen molar-refractivity contribution in [3.8, 4) is 0 Å². The minimum absolute atomic E-state index is 0.305. The summed E-state index contributed by atoms with van der Waals surface area (Å²) in [5.41, 5.74) is 0. The van der Waals surface area contributed by atoms with Crippen molar-refractivity contribution in [2.75, 3.05) is 6.61 Å². The highest BCUT2D eigenvalue weighted by atomic mass is 16.6. The summed E-state index contributed by atoms with van der Waals surface area (Å²) in [6, 6.07) is 0. The Hall–Kier alpha value is -0.160. The maximum Gasteiger partial charge on any atom is 0.183 e. The van der Waals surface area contributed by atoms with E-state index in [1.54, 1.807) is 0 Å². The van der Waals surface area contributed by atoms with Crippen LogP contribution in [0, 0.1) is 0 Å². The number of rotatable bonds is 0. The van der Waals surface area contributed by atoms with Gasteiger partial charge in [0.25, 0.3) is 0 Å². The second-order valence-electron chi connectivity index (χ2n) is 2.11. The molecule has 1 heterocycles. The minimum atomic E-state index is -1.21. The first-order valence-electron chi connectivity index (χ1n) is 2.87. The average Bonchev–Trinajstić information content (AvgIpc) is 1.83. The first-order valence-corrected chi connectivity index (χ1v) is 2.87. The standard InChI is InChI=1S/C5H10O4/c6-3-1-2-9-5(8)4(3)7/h3-8H,1-2H2. The topological polar surface area (TPSA) is 69.9 Å². The van der Waals surface area contributed by atoms with Crippen LogP contribution in [0.25, 0.3) is 0 Å². The van der Waals surface area contributed by atoms with Crippen molar-refractivity contribution >= 4 is 0 Å². The fraction of sp³-hybridized carbons (Fsp3) is 1.00. The van der Waals surface area contributed by atoms with Gasteiger partial charge >= 0.3 is 0 Å². The highest BCUT2D eigenvalue weighted by Gasteiger charge is 2.29. The zero-order valence-corrected chi connectivity index (χ0v) is 4.90. The third kappa shape index (κ3) is 1.40. The first-order chi connectivity index (χ1) is 4.22. The molecule has 0 aromatic rings. The average molecular weight is 134 g/mol. The van der Waals surface area contributed by atoms with Gasteiger partial charge in [0, 0.05) is 0 Å². The Morgan fingerprint density at radius 3 is 2.33 bits per heavy atom. The summed E-state index contributed by atoms with van der Waals surface area (Å²) in [6.07, 6.45) is -2.81. The number of hydrogen-bond donors (Lipinski definition) is 3. The van der Waals surface area contributed by atoms with E-state index >= 15 is 0 Å². The zero-order valence-electron chi connectivity index (χ0n) is 4.90. The van der Waals surface area contributed by atoms with Crippen LogP contribution in [-0.2, 0) is 4.74 Å². The number of ether oxygens (including phenoxy) is 1. The van der Waals surface area contributed by atoms with Gasteiger partial charge in [0.15, 0.2) is 6.29 Å². The Labute approximate surface area is 52.7 Å². The Morgan fingerprint density at radius 1 is 1.22 bits per heavy atom. The summed E-state index contributed by atoms with van der Waals surface area (Å²) in [5.74, 6) is 0. The fourth-order valence-electron chi connectivity index (χ4n) is 0.769. The van der Waals surface area contributed by atoms with Crippen LogP contribution in [0.5, 0.6) is 0 Å². The third-order valence-electron chi connectivity index (χ3n) is 1.39. The van der Waals surface area contributed by atoms with Gasteiger partial charge in [-0.15, -0.1) is 0 Å². The van der Waals surface area contributed by atoms with Gasteiger partial charge in [0.05, 0.1) is 12.7 Å². The molecule has 0 radical (unpaired) electrons. The Morgan fingerprint density at radius 2 is 1.89 bits per heavy atom. The van der Waals surface area contributed by atoms with Gasteiger partial charge < -0.3 is 20.1 Å². The highest BCUT2D eigenvalue weighted by molar-refractivity contribution is 4.73. The normalized spacial score (nSPS) is 45.0. The molecule has 4 nitrogen and oxygen atoms in total. The Bertz CT molecular complexity index is 85.0. The lowest BCUT2D eigenvalue weighted by molar-refractivity contribution is -0.219. The van der Waals surface area contributed by atoms with Gasteiger partial charge in [-0.1, -0.05) is 0 Å². The molecular weight excluding hydrogens is 124 g/mol. The van der Waals surface area contributed by atoms with E-state index in [0.29, 0.717) is 13.0 Å². The van der Waals surface area contributed by atoms with Crippen molar-refractivity contribution in [1.82, 2.24) is 0 Å². The molecule has 4 heteroatoms. The maximum atomic E-state index is 8.86. The Balaban J connectivity index is 2.41. The van der Waals surface area contributed by atoms with Gasteiger partial charge in [-0.2, -0.15) is 0 Å². The first kappa shape index (κ1) is 6.95. The van der Waals surface area contributed by atoms with Gasteiger partial charge in [-0.25, -0.2) is 0 Å². The summed E-state index contributed by atoms with van der Waals surface area (Å²) >= 11 is 0. The lowest BCUT2D eigenvalue weighted by Crippen LogP contribution is -2.44. The number of hydrogen-bond acceptors (Lipinski definition) is 4. The van der Waals surface area contributed by atoms with E-state index in [1.807, 2.05) is 0 Å². The lowest BCUT2D eigenvalue weighted by atomic mass is 10.1. The molecule has 0 spiro atoms. The number of aliphatic hydroxyl groups excluding tert-OH is 3. The second kappa shape index (κ2) is 2.62. The Kier molecular flexibility index (Phi) is 2.02. The largest absolute Gasteiger partial charge is 0.390 e. The van der Waals surface area contributed by atoms with Gasteiger partial charge in [-0.05, 0) is 6.42 Å². The van der Waals surface area contributed by atoms with Crippen LogP contribution in [-0.4, -0.2) is 40.4 Å². The highest BCUT2D eigenvalue weighted by Crippen LogP contribution is 2.11. The van der Waals surface area contributed by atoms with E-state index in [0.717, 1.165) is 0 Å². The molecule has 1 rings (SSSR count). The monoisotopic (exact) mass is 134 g/mol. The van der Waals surface area contributed by atoms with Crippen molar-refractivity contribution in [2.24, 2.45) is 0 Å². The molecule has 3 unspecified atom stereocenters. The van der Waals surface area contributed by atoms with E-state index in [9.17, 15) is 0 Å². The molecule has 0 amide bonds. The summed E-state index contributed by atoms with van der Waals surface area (Å²) in [7, 11) is 0. The smallest absolute Gasteiger partial charge is 0.183 e. The third-order valence-corrected chi connectivity index (χ3v) is 1.39. The molecule has 9 heavy (non-hydrogen) atoms. The van der Waals surface area contributed by atoms with E-state index in [2.05, 4.69) is 4.74 Å². The van der Waals surface area contributed by atoms with E-state index in [-0.39, 0.29) is 0 Å². The summed E-state index contributed by atoms with van der Waals surface area (Å²) in [6.45, 7) is 0.305. The predicted molar refractivity (Wildman–Crippen MR) is 28.6 cm³/mol. The van der Waals surface area contributed by atoms with Crippen LogP contribution in [0.2, 0.25) is 0 Å². The van der Waals surface area contributed by atoms with Gasteiger partial charge in [-0.3, -0.25) is 0 Å². The molecule has 1 aliphatic heterocycles. The van der Waals surface area contributed by atoms with Gasteiger partial charge in [0.2, 0.25) is 0 Å². The molecule has 0 aliphatic carbocycles. The van der Waals surface area contributed by atoms with E-state index in [4.69, 9.17) is 15.3 Å². The van der Waals surface area contributed by atoms with E-state index in [1.165, 1.54) is 0 Å². The predicted octanol–water partition coefficient (Wildman–Crippen LogP) is -1.55. The van der Waals surface area contributed by atoms with Gasteiger partial charge in [0.1, 0.15) is 6.10 Å². The molecule has 3 atom stereocenters. The molecule has 54 valence electrons. The van der Waals surface area contributed by atoms with Crippen molar-refractivity contribution in [1.29, 1.82) is 0 Å².